The predicted molar refractivity (Wildman–Crippen MR) is 151 cm³/mol. The van der Waals surface area contributed by atoms with E-state index in [1.54, 1.807) is 36.4 Å². The van der Waals surface area contributed by atoms with Crippen molar-refractivity contribution in [2.45, 2.75) is 26.2 Å². The summed E-state index contributed by atoms with van der Waals surface area (Å²) < 4.78 is 5.71. The number of hydrogen-bond donors (Lipinski definition) is 0. The fourth-order valence-corrected chi connectivity index (χ4v) is 5.40. The highest BCUT2D eigenvalue weighted by Gasteiger charge is 2.42. The smallest absolute Gasteiger partial charge is 0.332 e. The van der Waals surface area contributed by atoms with E-state index in [0.717, 1.165) is 15.4 Å². The molecular weight excluding hydrogens is 520 g/mol. The fraction of sp³-hybridized carbons (Fsp3) is 0.125. The van der Waals surface area contributed by atoms with E-state index in [9.17, 15) is 19.2 Å². The van der Waals surface area contributed by atoms with Crippen LogP contribution >= 0.6 is 0 Å². The molecule has 0 N–H and O–H groups in total. The highest BCUT2D eigenvalue weighted by atomic mass is 16.4. The second-order valence-corrected chi connectivity index (χ2v) is 11.0. The summed E-state index contributed by atoms with van der Waals surface area (Å²) in [7, 11) is 0. The number of rotatable bonds is 3. The number of nitrogens with zero attached hydrogens (tertiary/aromatic N) is 4. The van der Waals surface area contributed by atoms with Crippen LogP contribution < -0.4 is 9.80 Å². The second kappa shape index (κ2) is 8.53. The molecule has 2 aliphatic rings. The molecule has 0 radical (unpaired) electrons. The molecular formula is C32H22N4O5. The Balaban J connectivity index is 1.31. The first kappa shape index (κ1) is 24.6. The van der Waals surface area contributed by atoms with Crippen molar-refractivity contribution in [1.29, 1.82) is 0 Å². The van der Waals surface area contributed by atoms with Crippen molar-refractivity contribution in [2.24, 2.45) is 0 Å². The van der Waals surface area contributed by atoms with Crippen LogP contribution in [-0.4, -0.2) is 33.8 Å². The van der Waals surface area contributed by atoms with Gasteiger partial charge in [-0.05, 0) is 59.5 Å². The molecule has 0 saturated heterocycles. The van der Waals surface area contributed by atoms with Gasteiger partial charge in [-0.25, -0.2) is 4.90 Å². The summed E-state index contributed by atoms with van der Waals surface area (Å²) in [4.78, 5) is 56.7. The average molecular weight is 543 g/mol. The van der Waals surface area contributed by atoms with Gasteiger partial charge in [-0.2, -0.15) is 4.90 Å². The first-order chi connectivity index (χ1) is 19.6. The first-order valence-corrected chi connectivity index (χ1v) is 13.0. The SMILES string of the molecule is CC(C)(C)c1ccc(N2C(=O)c3ccc4c5c(ccc(c35)C2=O)C(=O)N(c2nnc(-c3ccccc3)o2)C4=O)cc1. The Morgan fingerprint density at radius 3 is 1.56 bits per heavy atom. The van der Waals surface area contributed by atoms with Crippen LogP contribution in [0.1, 0.15) is 67.8 Å². The van der Waals surface area contributed by atoms with Crippen molar-refractivity contribution >= 4 is 46.1 Å². The number of aromatic nitrogens is 2. The van der Waals surface area contributed by atoms with E-state index in [-0.39, 0.29) is 50.3 Å². The van der Waals surface area contributed by atoms with E-state index in [2.05, 4.69) is 31.0 Å². The molecule has 4 amide bonds. The lowest BCUT2D eigenvalue weighted by molar-refractivity contribution is 0.0868. The number of carbonyl (C=O) groups is 4. The zero-order valence-electron chi connectivity index (χ0n) is 22.3. The monoisotopic (exact) mass is 542 g/mol. The van der Waals surface area contributed by atoms with Crippen molar-refractivity contribution in [2.75, 3.05) is 9.80 Å². The Morgan fingerprint density at radius 1 is 0.585 bits per heavy atom. The van der Waals surface area contributed by atoms with Crippen LogP contribution in [-0.2, 0) is 5.41 Å². The van der Waals surface area contributed by atoms with Crippen LogP contribution in [0.2, 0.25) is 0 Å². The topological polar surface area (TPSA) is 114 Å². The maximum atomic E-state index is 13.7. The molecule has 9 heteroatoms. The standard InChI is InChI=1S/C32H22N4O5/c1-32(2,3)18-9-11-19(12-10-18)35-27(37)20-13-15-22-25-23(16-14-21(24(20)25)28(35)38)30(40)36(29(22)39)31-34-33-26(41-31)17-7-5-4-6-8-17/h4-16H,1-3H3. The van der Waals surface area contributed by atoms with Gasteiger partial charge >= 0.3 is 6.01 Å². The van der Waals surface area contributed by atoms with Crippen molar-refractivity contribution in [3.8, 4) is 11.5 Å². The normalized spacial score (nSPS) is 14.8. The molecule has 4 aromatic carbocycles. The van der Waals surface area contributed by atoms with Gasteiger partial charge in [-0.15, -0.1) is 5.10 Å². The maximum Gasteiger partial charge on any atom is 0.332 e. The van der Waals surface area contributed by atoms with Crippen LogP contribution in [0.15, 0.2) is 83.3 Å². The number of amides is 4. The van der Waals surface area contributed by atoms with E-state index in [1.807, 2.05) is 18.2 Å². The number of carbonyl (C=O) groups excluding carboxylic acids is 4. The molecule has 0 spiro atoms. The Morgan fingerprint density at radius 2 is 1.07 bits per heavy atom. The third kappa shape index (κ3) is 3.55. The molecule has 0 atom stereocenters. The average Bonchev–Trinajstić information content (AvgIpc) is 3.45. The molecule has 0 bridgehead atoms. The van der Waals surface area contributed by atoms with E-state index in [0.29, 0.717) is 11.3 Å². The van der Waals surface area contributed by atoms with Gasteiger partial charge in [0.1, 0.15) is 0 Å². The summed E-state index contributed by atoms with van der Waals surface area (Å²) in [6, 6.07) is 22.1. The summed E-state index contributed by atoms with van der Waals surface area (Å²) in [5.74, 6) is -2.27. The predicted octanol–water partition coefficient (Wildman–Crippen LogP) is 5.79. The van der Waals surface area contributed by atoms with Gasteiger partial charge < -0.3 is 4.42 Å². The minimum absolute atomic E-state index is 0.0928. The fourth-order valence-electron chi connectivity index (χ4n) is 5.40. The Labute approximate surface area is 234 Å². The van der Waals surface area contributed by atoms with Crippen molar-refractivity contribution in [3.63, 3.8) is 0 Å². The summed E-state index contributed by atoms with van der Waals surface area (Å²) in [6.07, 6.45) is 0. The lowest BCUT2D eigenvalue weighted by Gasteiger charge is -2.31. The van der Waals surface area contributed by atoms with Gasteiger partial charge in [0, 0.05) is 38.6 Å². The highest BCUT2D eigenvalue weighted by molar-refractivity contribution is 6.41. The van der Waals surface area contributed by atoms with Crippen molar-refractivity contribution in [1.82, 2.24) is 10.2 Å². The Kier molecular flexibility index (Phi) is 5.11. The third-order valence-electron chi connectivity index (χ3n) is 7.51. The molecule has 5 aromatic rings. The number of hydrogen-bond acceptors (Lipinski definition) is 7. The zero-order valence-corrected chi connectivity index (χ0v) is 22.3. The second-order valence-electron chi connectivity index (χ2n) is 11.0. The minimum Gasteiger partial charge on any atom is -0.403 e. The first-order valence-electron chi connectivity index (χ1n) is 13.0. The van der Waals surface area contributed by atoms with Gasteiger partial charge in [-0.3, -0.25) is 19.2 Å². The molecule has 0 unspecified atom stereocenters. The molecule has 0 saturated carbocycles. The summed E-state index contributed by atoms with van der Waals surface area (Å²) in [5, 5.41) is 8.51. The van der Waals surface area contributed by atoms with Crippen molar-refractivity contribution in [3.05, 3.63) is 107 Å². The van der Waals surface area contributed by atoms with E-state index < -0.39 is 23.6 Å². The molecule has 9 nitrogen and oxygen atoms in total. The summed E-state index contributed by atoms with van der Waals surface area (Å²) in [6.45, 7) is 6.25. The van der Waals surface area contributed by atoms with Gasteiger partial charge in [-0.1, -0.05) is 56.2 Å². The maximum absolute atomic E-state index is 13.7. The minimum atomic E-state index is -0.686. The molecule has 41 heavy (non-hydrogen) atoms. The molecule has 7 rings (SSSR count). The lowest BCUT2D eigenvalue weighted by Crippen LogP contribution is -2.43. The third-order valence-corrected chi connectivity index (χ3v) is 7.51. The van der Waals surface area contributed by atoms with Crippen LogP contribution in [0.25, 0.3) is 22.2 Å². The molecule has 3 heterocycles. The summed E-state index contributed by atoms with van der Waals surface area (Å²) in [5.41, 5.74) is 2.83. The van der Waals surface area contributed by atoms with E-state index in [1.165, 1.54) is 24.3 Å². The van der Waals surface area contributed by atoms with E-state index >= 15 is 0 Å². The number of anilines is 2. The molecule has 0 aliphatic carbocycles. The summed E-state index contributed by atoms with van der Waals surface area (Å²) >= 11 is 0. The zero-order chi connectivity index (χ0) is 28.6. The molecule has 200 valence electrons. The molecule has 0 fully saturated rings. The van der Waals surface area contributed by atoms with Crippen molar-refractivity contribution < 1.29 is 23.6 Å². The van der Waals surface area contributed by atoms with Crippen LogP contribution in [0.5, 0.6) is 0 Å². The van der Waals surface area contributed by atoms with Gasteiger partial charge in [0.15, 0.2) is 0 Å². The van der Waals surface area contributed by atoms with Crippen LogP contribution in [0.4, 0.5) is 11.7 Å². The lowest BCUT2D eigenvalue weighted by atomic mass is 9.85. The van der Waals surface area contributed by atoms with Gasteiger partial charge in [0.2, 0.25) is 5.89 Å². The molecule has 1 aromatic heterocycles. The van der Waals surface area contributed by atoms with Gasteiger partial charge in [0.05, 0.1) is 5.69 Å². The Bertz CT molecular complexity index is 1880. The van der Waals surface area contributed by atoms with Crippen LogP contribution in [0, 0.1) is 0 Å². The highest BCUT2D eigenvalue weighted by Crippen LogP contribution is 2.40. The quantitative estimate of drug-likeness (QED) is 0.265. The molecule has 2 aliphatic heterocycles. The Hall–Kier alpha value is -5.44. The van der Waals surface area contributed by atoms with Crippen LogP contribution in [0.3, 0.4) is 0 Å². The number of benzene rings is 4. The van der Waals surface area contributed by atoms with E-state index in [4.69, 9.17) is 4.42 Å². The number of imide groups is 2. The largest absolute Gasteiger partial charge is 0.403 e. The van der Waals surface area contributed by atoms with Gasteiger partial charge in [0.25, 0.3) is 23.6 Å².